The van der Waals surface area contributed by atoms with E-state index in [1.165, 1.54) is 6.92 Å². The average Bonchev–Trinajstić information content (AvgIpc) is 1.88. The smallest absolute Gasteiger partial charge is 0.146 e. The summed E-state index contributed by atoms with van der Waals surface area (Å²) in [6.45, 7) is 2.21. The van der Waals surface area contributed by atoms with Crippen molar-refractivity contribution in [2.75, 3.05) is 6.54 Å². The Morgan fingerprint density at radius 1 is 1.50 bits per heavy atom. The molecule has 0 amide bonds. The molecule has 4 N–H and O–H groups in total. The SMILES string of the molecule is CC(=O)[C@@H](N)CCCCN. The highest BCUT2D eigenvalue weighted by atomic mass is 16.1. The van der Waals surface area contributed by atoms with Gasteiger partial charge in [-0.05, 0) is 26.3 Å². The molecule has 60 valence electrons. The van der Waals surface area contributed by atoms with Crippen LogP contribution in [0.3, 0.4) is 0 Å². The zero-order valence-electron chi connectivity index (χ0n) is 6.47. The number of ketones is 1. The average molecular weight is 144 g/mol. The molecule has 0 radical (unpaired) electrons. The fraction of sp³-hybridized carbons (Fsp3) is 0.857. The van der Waals surface area contributed by atoms with Gasteiger partial charge in [0, 0.05) is 0 Å². The topological polar surface area (TPSA) is 69.1 Å². The van der Waals surface area contributed by atoms with E-state index in [9.17, 15) is 4.79 Å². The Bertz CT molecular complexity index is 104. The molecule has 3 heteroatoms. The molecule has 1 atom stereocenters. The normalized spacial score (nSPS) is 13.1. The van der Waals surface area contributed by atoms with Crippen molar-refractivity contribution in [1.82, 2.24) is 0 Å². The molecule has 0 rings (SSSR count). The summed E-state index contributed by atoms with van der Waals surface area (Å²) in [5.41, 5.74) is 10.7. The fourth-order valence-corrected chi connectivity index (χ4v) is 0.712. The maximum atomic E-state index is 10.6. The standard InChI is InChI=1S/C7H16N2O/c1-6(10)7(9)4-2-3-5-8/h7H,2-5,8-9H2,1H3/t7-/m0/s1. The Labute approximate surface area is 61.8 Å². The second-order valence-electron chi connectivity index (χ2n) is 2.50. The summed E-state index contributed by atoms with van der Waals surface area (Å²) in [4.78, 5) is 10.6. The van der Waals surface area contributed by atoms with Gasteiger partial charge in [-0.1, -0.05) is 6.42 Å². The van der Waals surface area contributed by atoms with Crippen molar-refractivity contribution in [2.45, 2.75) is 32.2 Å². The molecule has 0 fully saturated rings. The Hall–Kier alpha value is -0.410. The molecule has 3 nitrogen and oxygen atoms in total. The molecular formula is C7H16N2O. The molecule has 0 unspecified atom stereocenters. The van der Waals surface area contributed by atoms with Crippen molar-refractivity contribution in [3.05, 3.63) is 0 Å². The highest BCUT2D eigenvalue weighted by Gasteiger charge is 2.05. The highest BCUT2D eigenvalue weighted by molar-refractivity contribution is 5.80. The minimum absolute atomic E-state index is 0.0667. The lowest BCUT2D eigenvalue weighted by molar-refractivity contribution is -0.118. The summed E-state index contributed by atoms with van der Waals surface area (Å²) in [7, 11) is 0. The van der Waals surface area contributed by atoms with Crippen LogP contribution in [0.15, 0.2) is 0 Å². The van der Waals surface area contributed by atoms with Gasteiger partial charge < -0.3 is 11.5 Å². The van der Waals surface area contributed by atoms with Crippen LogP contribution in [0, 0.1) is 0 Å². The molecule has 0 saturated heterocycles. The van der Waals surface area contributed by atoms with Crippen LogP contribution >= 0.6 is 0 Å². The van der Waals surface area contributed by atoms with E-state index in [0.717, 1.165) is 19.3 Å². The maximum absolute atomic E-state index is 10.6. The first-order chi connectivity index (χ1) is 4.68. The monoisotopic (exact) mass is 144 g/mol. The van der Waals surface area contributed by atoms with Gasteiger partial charge in [-0.25, -0.2) is 0 Å². The molecule has 0 aromatic rings. The van der Waals surface area contributed by atoms with Crippen LogP contribution in [0.2, 0.25) is 0 Å². The molecule has 0 bridgehead atoms. The maximum Gasteiger partial charge on any atom is 0.146 e. The van der Waals surface area contributed by atoms with Gasteiger partial charge in [0.05, 0.1) is 6.04 Å². The van der Waals surface area contributed by atoms with Crippen molar-refractivity contribution < 1.29 is 4.79 Å². The number of carbonyl (C=O) groups is 1. The molecule has 0 aromatic heterocycles. The van der Waals surface area contributed by atoms with E-state index < -0.39 is 0 Å². The lowest BCUT2D eigenvalue weighted by Gasteiger charge is -2.05. The van der Waals surface area contributed by atoms with Gasteiger partial charge in [0.1, 0.15) is 5.78 Å². The summed E-state index contributed by atoms with van der Waals surface area (Å²) >= 11 is 0. The summed E-state index contributed by atoms with van der Waals surface area (Å²) < 4.78 is 0. The molecule has 0 heterocycles. The number of unbranched alkanes of at least 4 members (excludes halogenated alkanes) is 1. The van der Waals surface area contributed by atoms with E-state index in [1.54, 1.807) is 0 Å². The van der Waals surface area contributed by atoms with E-state index in [2.05, 4.69) is 0 Å². The van der Waals surface area contributed by atoms with Gasteiger partial charge in [0.15, 0.2) is 0 Å². The Kier molecular flexibility index (Phi) is 5.16. The molecule has 0 aromatic carbocycles. The van der Waals surface area contributed by atoms with E-state index in [0.29, 0.717) is 6.54 Å². The molecule has 0 aliphatic carbocycles. The number of Topliss-reactive ketones (excluding diaryl/α,β-unsaturated/α-hetero) is 1. The number of rotatable bonds is 5. The molecular weight excluding hydrogens is 128 g/mol. The van der Waals surface area contributed by atoms with Gasteiger partial charge >= 0.3 is 0 Å². The van der Waals surface area contributed by atoms with Gasteiger partial charge in [-0.15, -0.1) is 0 Å². The van der Waals surface area contributed by atoms with E-state index in [-0.39, 0.29) is 11.8 Å². The van der Waals surface area contributed by atoms with Crippen molar-refractivity contribution in [3.8, 4) is 0 Å². The minimum Gasteiger partial charge on any atom is -0.330 e. The highest BCUT2D eigenvalue weighted by Crippen LogP contribution is 1.97. The van der Waals surface area contributed by atoms with Crippen LogP contribution in [0.25, 0.3) is 0 Å². The lowest BCUT2D eigenvalue weighted by atomic mass is 10.1. The summed E-state index contributed by atoms with van der Waals surface area (Å²) in [5, 5.41) is 0. The summed E-state index contributed by atoms with van der Waals surface area (Å²) in [6, 6.07) is -0.272. The minimum atomic E-state index is -0.272. The first-order valence-corrected chi connectivity index (χ1v) is 3.64. The largest absolute Gasteiger partial charge is 0.330 e. The molecule has 0 spiro atoms. The second-order valence-corrected chi connectivity index (χ2v) is 2.50. The number of hydrogen-bond acceptors (Lipinski definition) is 3. The van der Waals surface area contributed by atoms with Crippen molar-refractivity contribution >= 4 is 5.78 Å². The van der Waals surface area contributed by atoms with Gasteiger partial charge in [0.25, 0.3) is 0 Å². The van der Waals surface area contributed by atoms with Crippen molar-refractivity contribution in [3.63, 3.8) is 0 Å². The quantitative estimate of drug-likeness (QED) is 0.535. The van der Waals surface area contributed by atoms with Crippen LogP contribution < -0.4 is 11.5 Å². The first-order valence-electron chi connectivity index (χ1n) is 3.64. The second kappa shape index (κ2) is 5.38. The number of hydrogen-bond donors (Lipinski definition) is 2. The molecule has 0 aliphatic heterocycles. The zero-order chi connectivity index (χ0) is 7.98. The van der Waals surface area contributed by atoms with Crippen LogP contribution in [0.5, 0.6) is 0 Å². The molecule has 0 saturated carbocycles. The van der Waals surface area contributed by atoms with Gasteiger partial charge in [0.2, 0.25) is 0 Å². The van der Waals surface area contributed by atoms with Gasteiger partial charge in [-0.3, -0.25) is 4.79 Å². The predicted octanol–water partition coefficient (Wildman–Crippen LogP) is 0.0317. The third-order valence-corrected chi connectivity index (χ3v) is 1.49. The van der Waals surface area contributed by atoms with E-state index in [4.69, 9.17) is 11.5 Å². The van der Waals surface area contributed by atoms with Crippen molar-refractivity contribution in [1.29, 1.82) is 0 Å². The molecule has 0 aliphatic rings. The number of carbonyl (C=O) groups excluding carboxylic acids is 1. The van der Waals surface area contributed by atoms with Crippen LogP contribution in [0.4, 0.5) is 0 Å². The van der Waals surface area contributed by atoms with Crippen LogP contribution in [-0.2, 0) is 4.79 Å². The lowest BCUT2D eigenvalue weighted by Crippen LogP contribution is -2.28. The van der Waals surface area contributed by atoms with Crippen molar-refractivity contribution in [2.24, 2.45) is 11.5 Å². The Morgan fingerprint density at radius 3 is 2.50 bits per heavy atom. The van der Waals surface area contributed by atoms with E-state index >= 15 is 0 Å². The van der Waals surface area contributed by atoms with Crippen LogP contribution in [0.1, 0.15) is 26.2 Å². The fourth-order valence-electron chi connectivity index (χ4n) is 0.712. The third-order valence-electron chi connectivity index (χ3n) is 1.49. The Balaban J connectivity index is 3.21. The number of nitrogens with two attached hydrogens (primary N) is 2. The van der Waals surface area contributed by atoms with E-state index in [1.807, 2.05) is 0 Å². The van der Waals surface area contributed by atoms with Gasteiger partial charge in [-0.2, -0.15) is 0 Å². The predicted molar refractivity (Wildman–Crippen MR) is 41.6 cm³/mol. The summed E-state index contributed by atoms with van der Waals surface area (Å²) in [6.07, 6.45) is 2.69. The zero-order valence-corrected chi connectivity index (χ0v) is 6.47. The molecule has 10 heavy (non-hydrogen) atoms. The first kappa shape index (κ1) is 9.59. The van der Waals surface area contributed by atoms with Crippen LogP contribution in [-0.4, -0.2) is 18.4 Å². The Morgan fingerprint density at radius 2 is 2.10 bits per heavy atom. The summed E-state index contributed by atoms with van der Waals surface area (Å²) in [5.74, 6) is 0.0667. The third kappa shape index (κ3) is 4.47.